The Kier molecular flexibility index (Phi) is 5.03. The lowest BCUT2D eigenvalue weighted by Gasteiger charge is -2.59. The quantitative estimate of drug-likeness (QED) is 0.528. The number of hydrogen-bond acceptors (Lipinski definition) is 4. The SMILES string of the molecule is CO[C@@H]1CC[C@@]2(C)C(=CC[C@H]3[C@H]2CC[C@@]2(C)[C@@H]3CC[C@]23CN(C)C2(CCN(C)CC2)O3)C1. The number of hydrogen-bond donors (Lipinski definition) is 0. The molecule has 4 heteroatoms. The third-order valence-electron chi connectivity index (χ3n) is 12.0. The number of allylic oxidation sites excluding steroid dienone is 1. The van der Waals surface area contributed by atoms with Gasteiger partial charge in [-0.1, -0.05) is 25.5 Å². The van der Waals surface area contributed by atoms with Gasteiger partial charge in [-0.3, -0.25) is 4.90 Å². The van der Waals surface area contributed by atoms with Crippen LogP contribution in [0.1, 0.15) is 78.1 Å². The van der Waals surface area contributed by atoms with Crippen molar-refractivity contribution in [3.05, 3.63) is 11.6 Å². The molecule has 2 heterocycles. The van der Waals surface area contributed by atoms with Gasteiger partial charge >= 0.3 is 0 Å². The number of methoxy groups -OCH3 is 1. The minimum absolute atomic E-state index is 0.00852. The van der Waals surface area contributed by atoms with Crippen LogP contribution in [0, 0.1) is 28.6 Å². The maximum atomic E-state index is 7.38. The Hall–Kier alpha value is -0.420. The Bertz CT molecular complexity index is 788. The molecule has 4 nitrogen and oxygen atoms in total. The lowest BCUT2D eigenvalue weighted by atomic mass is 9.47. The van der Waals surface area contributed by atoms with E-state index in [0.29, 0.717) is 16.9 Å². The molecule has 6 rings (SSSR count). The lowest BCUT2D eigenvalue weighted by Crippen LogP contribution is -2.56. The predicted molar refractivity (Wildman–Crippen MR) is 128 cm³/mol. The highest BCUT2D eigenvalue weighted by atomic mass is 16.6. The van der Waals surface area contributed by atoms with E-state index in [9.17, 15) is 0 Å². The Morgan fingerprint density at radius 3 is 2.47 bits per heavy atom. The van der Waals surface area contributed by atoms with Crippen LogP contribution >= 0.6 is 0 Å². The van der Waals surface area contributed by atoms with Crippen molar-refractivity contribution in [2.75, 3.05) is 40.8 Å². The van der Waals surface area contributed by atoms with Gasteiger partial charge in [0.1, 0.15) is 5.72 Å². The maximum absolute atomic E-state index is 7.38. The molecule has 32 heavy (non-hydrogen) atoms. The fourth-order valence-electron chi connectivity index (χ4n) is 9.80. The molecule has 0 aromatic rings. The average molecular weight is 443 g/mol. The molecule has 5 fully saturated rings. The maximum Gasteiger partial charge on any atom is 0.124 e. The molecular weight excluding hydrogens is 396 g/mol. The second-order valence-electron chi connectivity index (χ2n) is 13.1. The van der Waals surface area contributed by atoms with Crippen LogP contribution in [0.4, 0.5) is 0 Å². The lowest BCUT2D eigenvalue weighted by molar-refractivity contribution is -0.203. The van der Waals surface area contributed by atoms with Crippen LogP contribution in [0.15, 0.2) is 11.6 Å². The Balaban J connectivity index is 1.28. The summed E-state index contributed by atoms with van der Waals surface area (Å²) < 4.78 is 13.2. The topological polar surface area (TPSA) is 24.9 Å². The first-order chi connectivity index (χ1) is 15.3. The van der Waals surface area contributed by atoms with Gasteiger partial charge in [0.25, 0.3) is 0 Å². The van der Waals surface area contributed by atoms with E-state index in [1.54, 1.807) is 5.57 Å². The smallest absolute Gasteiger partial charge is 0.124 e. The molecule has 2 spiro atoms. The van der Waals surface area contributed by atoms with Gasteiger partial charge < -0.3 is 14.4 Å². The van der Waals surface area contributed by atoms with E-state index in [0.717, 1.165) is 24.3 Å². The summed E-state index contributed by atoms with van der Waals surface area (Å²) in [5.74, 6) is 2.54. The van der Waals surface area contributed by atoms with E-state index in [4.69, 9.17) is 9.47 Å². The van der Waals surface area contributed by atoms with Gasteiger partial charge in [-0.2, -0.15) is 0 Å². The van der Waals surface area contributed by atoms with Crippen LogP contribution in [0.3, 0.4) is 0 Å². The van der Waals surface area contributed by atoms with Crippen molar-refractivity contribution in [3.63, 3.8) is 0 Å². The minimum Gasteiger partial charge on any atom is -0.381 e. The fraction of sp³-hybridized carbons (Fsp3) is 0.929. The first kappa shape index (κ1) is 22.1. The molecule has 4 aliphatic carbocycles. The second kappa shape index (κ2) is 7.29. The molecule has 6 aliphatic rings. The molecule has 0 unspecified atom stereocenters. The summed E-state index contributed by atoms with van der Waals surface area (Å²) in [7, 11) is 6.52. The second-order valence-corrected chi connectivity index (χ2v) is 13.1. The zero-order valence-corrected chi connectivity index (χ0v) is 21.3. The van der Waals surface area contributed by atoms with Crippen LogP contribution < -0.4 is 0 Å². The van der Waals surface area contributed by atoms with Crippen molar-refractivity contribution >= 4 is 0 Å². The normalized spacial score (nSPS) is 50.8. The first-order valence-electron chi connectivity index (χ1n) is 13.6. The van der Waals surface area contributed by atoms with Crippen molar-refractivity contribution in [1.29, 1.82) is 0 Å². The van der Waals surface area contributed by atoms with Crippen LogP contribution in [-0.2, 0) is 9.47 Å². The third kappa shape index (κ3) is 2.82. The van der Waals surface area contributed by atoms with Crippen molar-refractivity contribution < 1.29 is 9.47 Å². The molecular formula is C28H46N2O2. The molecule has 0 N–H and O–H groups in total. The summed E-state index contributed by atoms with van der Waals surface area (Å²) >= 11 is 0. The highest BCUT2D eigenvalue weighted by molar-refractivity contribution is 5.27. The number of likely N-dealkylation sites (tertiary alicyclic amines) is 1. The van der Waals surface area contributed by atoms with E-state index in [1.165, 1.54) is 77.3 Å². The highest BCUT2D eigenvalue weighted by Crippen LogP contribution is 2.69. The summed E-state index contributed by atoms with van der Waals surface area (Å²) in [5, 5.41) is 0. The van der Waals surface area contributed by atoms with Gasteiger partial charge in [0.15, 0.2) is 0 Å². The van der Waals surface area contributed by atoms with E-state index in [-0.39, 0.29) is 11.3 Å². The van der Waals surface area contributed by atoms with Gasteiger partial charge in [-0.25, -0.2) is 0 Å². The van der Waals surface area contributed by atoms with Crippen molar-refractivity contribution in [2.45, 2.75) is 95.5 Å². The molecule has 3 saturated carbocycles. The first-order valence-corrected chi connectivity index (χ1v) is 13.6. The summed E-state index contributed by atoms with van der Waals surface area (Å²) in [6.45, 7) is 8.74. The van der Waals surface area contributed by atoms with Gasteiger partial charge in [0.05, 0.1) is 11.7 Å². The van der Waals surface area contributed by atoms with Crippen LogP contribution in [0.5, 0.6) is 0 Å². The molecule has 2 aliphatic heterocycles. The van der Waals surface area contributed by atoms with E-state index >= 15 is 0 Å². The monoisotopic (exact) mass is 442 g/mol. The predicted octanol–water partition coefficient (Wildman–Crippen LogP) is 5.09. The Morgan fingerprint density at radius 1 is 0.969 bits per heavy atom. The Morgan fingerprint density at radius 2 is 1.72 bits per heavy atom. The Labute approximate surface area is 196 Å². The summed E-state index contributed by atoms with van der Waals surface area (Å²) in [4.78, 5) is 5.11. The molecule has 0 amide bonds. The van der Waals surface area contributed by atoms with Gasteiger partial charge in [-0.15, -0.1) is 0 Å². The number of fused-ring (bicyclic) bond motifs is 6. The van der Waals surface area contributed by atoms with Crippen LogP contribution in [0.2, 0.25) is 0 Å². The number of ether oxygens (including phenoxy) is 2. The largest absolute Gasteiger partial charge is 0.381 e. The number of piperidine rings is 1. The van der Waals surface area contributed by atoms with Gasteiger partial charge in [0.2, 0.25) is 0 Å². The molecule has 0 aromatic heterocycles. The highest BCUT2D eigenvalue weighted by Gasteiger charge is 2.69. The molecule has 0 radical (unpaired) electrons. The minimum atomic E-state index is -0.00852. The van der Waals surface area contributed by atoms with Crippen molar-refractivity contribution in [2.24, 2.45) is 28.6 Å². The van der Waals surface area contributed by atoms with Crippen LogP contribution in [0.25, 0.3) is 0 Å². The molecule has 180 valence electrons. The third-order valence-corrected chi connectivity index (χ3v) is 12.0. The number of nitrogens with zero attached hydrogens (tertiary/aromatic N) is 2. The summed E-state index contributed by atoms with van der Waals surface area (Å²) in [5.41, 5.74) is 2.55. The average Bonchev–Trinajstić information content (AvgIpc) is 3.22. The zero-order valence-electron chi connectivity index (χ0n) is 21.3. The van der Waals surface area contributed by atoms with Gasteiger partial charge in [0, 0.05) is 45.0 Å². The van der Waals surface area contributed by atoms with E-state index in [2.05, 4.69) is 43.8 Å². The zero-order chi connectivity index (χ0) is 22.4. The van der Waals surface area contributed by atoms with E-state index in [1.807, 2.05) is 7.11 Å². The summed E-state index contributed by atoms with van der Waals surface area (Å²) in [6, 6.07) is 0. The van der Waals surface area contributed by atoms with E-state index < -0.39 is 0 Å². The standard InChI is InChI=1S/C28H46N2O2/c1-25-11-8-21(31-5)18-20(25)6-7-22-23(25)9-12-26(2)24(22)10-13-27(26)19-30(4)28(32-27)14-16-29(3)17-15-28/h6,21-24H,7-19H2,1-5H3/t21-,22+,23-,24-,25+,26+,27+/m1/s1. The fourth-order valence-corrected chi connectivity index (χ4v) is 9.80. The number of rotatable bonds is 1. The van der Waals surface area contributed by atoms with Crippen molar-refractivity contribution in [1.82, 2.24) is 9.80 Å². The molecule has 0 aromatic carbocycles. The number of likely N-dealkylation sites (N-methyl/N-ethyl adjacent to an activating group) is 1. The van der Waals surface area contributed by atoms with Gasteiger partial charge in [-0.05, 0) is 88.6 Å². The summed E-state index contributed by atoms with van der Waals surface area (Å²) in [6.07, 6.45) is 15.9. The molecule has 7 atom stereocenters. The van der Waals surface area contributed by atoms with Crippen molar-refractivity contribution in [3.8, 4) is 0 Å². The van der Waals surface area contributed by atoms with Crippen LogP contribution in [-0.4, -0.2) is 68.1 Å². The molecule has 2 saturated heterocycles. The molecule has 0 bridgehead atoms.